The van der Waals surface area contributed by atoms with Crippen LogP contribution in [0.3, 0.4) is 0 Å². The number of fused-ring (bicyclic) bond motifs is 3. The molecule has 15 rings (SSSR count). The highest BCUT2D eigenvalue weighted by atomic mass is 16.5. The van der Waals surface area contributed by atoms with Crippen molar-refractivity contribution >= 4 is 88.4 Å². The van der Waals surface area contributed by atoms with Crippen LogP contribution in [0, 0.1) is 0 Å². The lowest BCUT2D eigenvalue weighted by atomic mass is 9.84. The summed E-state index contributed by atoms with van der Waals surface area (Å²) in [6, 6.07) is 68.0. The molecule has 4 nitrogen and oxygen atoms in total. The second kappa shape index (κ2) is 21.2. The van der Waals surface area contributed by atoms with E-state index in [1.165, 1.54) is 203 Å². The van der Waals surface area contributed by atoms with Gasteiger partial charge in [0.2, 0.25) is 0 Å². The van der Waals surface area contributed by atoms with Gasteiger partial charge in [0.05, 0.1) is 23.7 Å². The first kappa shape index (κ1) is 49.5. The Morgan fingerprint density at radius 3 is 1.49 bits per heavy atom. The molecule has 1 aromatic heterocycles. The Balaban J connectivity index is 0.915. The zero-order valence-corrected chi connectivity index (χ0v) is 46.7. The molecule has 0 saturated heterocycles. The summed E-state index contributed by atoms with van der Waals surface area (Å²) < 4.78 is 13.9. The number of furan rings is 1. The van der Waals surface area contributed by atoms with E-state index in [-0.39, 0.29) is 0 Å². The highest BCUT2D eigenvalue weighted by Crippen LogP contribution is 2.52. The molecule has 1 heterocycles. The van der Waals surface area contributed by atoms with Crippen LogP contribution in [0.4, 0.5) is 34.1 Å². The molecule has 0 amide bonds. The molecule has 0 radical (unpaired) electrons. The smallest absolute Gasteiger partial charge is 0.159 e. The Bertz CT molecular complexity index is 4010. The highest BCUT2D eigenvalue weighted by Gasteiger charge is 2.29. The van der Waals surface area contributed by atoms with Crippen molar-refractivity contribution in [2.75, 3.05) is 16.4 Å². The maximum atomic E-state index is 7.29. The molecule has 0 aliphatic heterocycles. The van der Waals surface area contributed by atoms with Gasteiger partial charge in [-0.2, -0.15) is 0 Å². The molecule has 0 bridgehead atoms. The van der Waals surface area contributed by atoms with Gasteiger partial charge in [-0.1, -0.05) is 186 Å². The number of ether oxygens (including phenoxy) is 1. The maximum absolute atomic E-state index is 7.29. The molecule has 4 saturated carbocycles. The van der Waals surface area contributed by atoms with Crippen LogP contribution in [-0.2, 0) is 0 Å². The van der Waals surface area contributed by atoms with E-state index in [2.05, 4.69) is 193 Å². The molecule has 4 fully saturated rings. The van der Waals surface area contributed by atoms with Crippen molar-refractivity contribution in [1.82, 2.24) is 0 Å². The van der Waals surface area contributed by atoms with Crippen molar-refractivity contribution in [3.8, 4) is 16.9 Å². The number of hydrogen-bond acceptors (Lipinski definition) is 4. The molecule has 4 heteroatoms. The molecule has 4 aliphatic carbocycles. The standard InChI is InChI=1S/C76H74N2O2/c1-2-79-74-62(54-21-9-10-22-54)27-14-29-64(74)58-25-13-26-61(49-58)77(59-41-33-52(34-42-59)50-17-5-3-6-18-50)69-47-39-56-38-46-68-70(48-40-57-37-45-67(69)72(56)73(57)68)78(60-43-35-53(36-44-60)51-19-7-4-8-20-51)71-32-16-31-66-65-30-15-28-63(55-23-11-12-24-55)75(65)80-76(66)71/h13-16,25-51,54-55H,2-12,17-24H2,1H3. The first-order valence-corrected chi connectivity index (χ1v) is 31.0. The fourth-order valence-corrected chi connectivity index (χ4v) is 15.7. The van der Waals surface area contributed by atoms with Crippen LogP contribution in [0.5, 0.6) is 5.75 Å². The van der Waals surface area contributed by atoms with E-state index < -0.39 is 0 Å². The van der Waals surface area contributed by atoms with Crippen molar-refractivity contribution in [2.45, 2.75) is 146 Å². The molecule has 10 aromatic carbocycles. The minimum absolute atomic E-state index is 0.543. The van der Waals surface area contributed by atoms with E-state index >= 15 is 0 Å². The lowest BCUT2D eigenvalue weighted by Gasteiger charge is -2.30. The predicted molar refractivity (Wildman–Crippen MR) is 337 cm³/mol. The Morgan fingerprint density at radius 2 is 0.875 bits per heavy atom. The summed E-state index contributed by atoms with van der Waals surface area (Å²) in [6.07, 6.45) is 23.2. The van der Waals surface area contributed by atoms with Crippen molar-refractivity contribution in [3.63, 3.8) is 0 Å². The van der Waals surface area contributed by atoms with Gasteiger partial charge >= 0.3 is 0 Å². The van der Waals surface area contributed by atoms with Gasteiger partial charge in [-0.05, 0) is 186 Å². The molecular weight excluding hydrogens is 973 g/mol. The summed E-state index contributed by atoms with van der Waals surface area (Å²) in [5, 5.41) is 9.92. The second-order valence-electron chi connectivity index (χ2n) is 24.3. The number of para-hydroxylation sites is 3. The molecule has 0 N–H and O–H groups in total. The van der Waals surface area contributed by atoms with E-state index in [4.69, 9.17) is 9.15 Å². The molecule has 11 aromatic rings. The van der Waals surface area contributed by atoms with Crippen LogP contribution < -0.4 is 14.5 Å². The highest BCUT2D eigenvalue weighted by molar-refractivity contribution is 6.28. The van der Waals surface area contributed by atoms with Crippen LogP contribution in [-0.4, -0.2) is 6.61 Å². The molecule has 400 valence electrons. The Morgan fingerprint density at radius 1 is 0.388 bits per heavy atom. The largest absolute Gasteiger partial charge is 0.493 e. The number of nitrogens with zero attached hydrogens (tertiary/aromatic N) is 2. The summed E-state index contributed by atoms with van der Waals surface area (Å²) in [5.41, 5.74) is 16.9. The molecule has 0 spiro atoms. The Labute approximate surface area is 472 Å². The van der Waals surface area contributed by atoms with Gasteiger partial charge in [0, 0.05) is 44.2 Å². The SMILES string of the molecule is CCOc1c(-c2cccc(N(c3ccc(C4CCCCC4)cc3)c3ccc4ccc5c(N(c6ccc(C7CCCCC7)cc6)c6cccc7c6oc6c(C8CCCC8)cccc67)ccc6ccc3c4c65)c2)cccc1C1CCCC1. The van der Waals surface area contributed by atoms with Crippen molar-refractivity contribution in [1.29, 1.82) is 0 Å². The van der Waals surface area contributed by atoms with E-state index in [9.17, 15) is 0 Å². The number of benzene rings is 10. The average Bonchev–Trinajstić information content (AvgIpc) is 4.45. The monoisotopic (exact) mass is 1050 g/mol. The zero-order valence-electron chi connectivity index (χ0n) is 46.7. The third-order valence-electron chi connectivity index (χ3n) is 19.7. The molecule has 80 heavy (non-hydrogen) atoms. The number of rotatable bonds is 13. The fraction of sp³-hybridized carbons (Fsp3) is 0.316. The molecular formula is C76H74N2O2. The number of anilines is 6. The summed E-state index contributed by atoms with van der Waals surface area (Å²) in [4.78, 5) is 5.05. The topological polar surface area (TPSA) is 28.9 Å². The first-order chi connectivity index (χ1) is 39.6. The fourth-order valence-electron chi connectivity index (χ4n) is 15.7. The van der Waals surface area contributed by atoms with E-state index in [1.54, 1.807) is 0 Å². The van der Waals surface area contributed by atoms with E-state index in [0.29, 0.717) is 30.3 Å². The Hall–Kier alpha value is -7.56. The lowest BCUT2D eigenvalue weighted by Crippen LogP contribution is -2.12. The molecule has 0 unspecified atom stereocenters. The van der Waals surface area contributed by atoms with Crippen molar-refractivity contribution in [2.24, 2.45) is 0 Å². The van der Waals surface area contributed by atoms with Gasteiger partial charge < -0.3 is 19.0 Å². The van der Waals surface area contributed by atoms with Crippen LogP contribution in [0.25, 0.3) is 65.4 Å². The number of hydrogen-bond donors (Lipinski definition) is 0. The van der Waals surface area contributed by atoms with Gasteiger partial charge in [-0.25, -0.2) is 0 Å². The van der Waals surface area contributed by atoms with Crippen LogP contribution >= 0.6 is 0 Å². The molecule has 4 aliphatic rings. The molecule has 0 atom stereocenters. The lowest BCUT2D eigenvalue weighted by molar-refractivity contribution is 0.335. The normalized spacial score (nSPS) is 17.0. The minimum atomic E-state index is 0.543. The Kier molecular flexibility index (Phi) is 13.1. The predicted octanol–water partition coefficient (Wildman–Crippen LogP) is 22.9. The summed E-state index contributed by atoms with van der Waals surface area (Å²) in [7, 11) is 0. The van der Waals surface area contributed by atoms with Crippen LogP contribution in [0.15, 0.2) is 180 Å². The third kappa shape index (κ3) is 8.71. The second-order valence-corrected chi connectivity index (χ2v) is 24.3. The van der Waals surface area contributed by atoms with Gasteiger partial charge in [-0.15, -0.1) is 0 Å². The van der Waals surface area contributed by atoms with Crippen molar-refractivity contribution in [3.05, 3.63) is 198 Å². The first-order valence-electron chi connectivity index (χ1n) is 31.0. The maximum Gasteiger partial charge on any atom is 0.159 e. The minimum Gasteiger partial charge on any atom is -0.493 e. The van der Waals surface area contributed by atoms with Crippen molar-refractivity contribution < 1.29 is 9.15 Å². The van der Waals surface area contributed by atoms with Gasteiger partial charge in [0.1, 0.15) is 11.3 Å². The quantitative estimate of drug-likeness (QED) is 0.108. The summed E-state index contributed by atoms with van der Waals surface area (Å²) >= 11 is 0. The van der Waals surface area contributed by atoms with Crippen LogP contribution in [0.2, 0.25) is 0 Å². The van der Waals surface area contributed by atoms with Gasteiger partial charge in [0.15, 0.2) is 5.58 Å². The summed E-state index contributed by atoms with van der Waals surface area (Å²) in [6.45, 7) is 2.77. The van der Waals surface area contributed by atoms with E-state index in [1.807, 2.05) is 0 Å². The van der Waals surface area contributed by atoms with Gasteiger partial charge in [-0.3, -0.25) is 0 Å². The average molecular weight is 1050 g/mol. The third-order valence-corrected chi connectivity index (χ3v) is 19.7. The zero-order chi connectivity index (χ0) is 53.1. The van der Waals surface area contributed by atoms with Gasteiger partial charge in [0.25, 0.3) is 0 Å². The summed E-state index contributed by atoms with van der Waals surface area (Å²) in [5.74, 6) is 3.40. The van der Waals surface area contributed by atoms with E-state index in [0.717, 1.165) is 39.7 Å². The van der Waals surface area contributed by atoms with Crippen LogP contribution in [0.1, 0.15) is 168 Å².